The largest absolute Gasteiger partial charge is 0.502 e. The first-order valence-electron chi connectivity index (χ1n) is 9.23. The number of nitrogens with zero attached hydrogens (tertiary/aromatic N) is 4. The molecule has 1 amide bonds. The van der Waals surface area contributed by atoms with Gasteiger partial charge < -0.3 is 5.11 Å². The van der Waals surface area contributed by atoms with Gasteiger partial charge in [-0.25, -0.2) is 4.99 Å². The zero-order valence-corrected chi connectivity index (χ0v) is 16.9. The van der Waals surface area contributed by atoms with E-state index in [-0.39, 0.29) is 5.91 Å². The van der Waals surface area contributed by atoms with Crippen molar-refractivity contribution in [2.24, 2.45) is 4.99 Å². The van der Waals surface area contributed by atoms with Gasteiger partial charge in [0.05, 0.1) is 22.1 Å². The molecule has 0 saturated carbocycles. The average molecular weight is 432 g/mol. The summed E-state index contributed by atoms with van der Waals surface area (Å²) in [6.07, 6.45) is 4.90. The molecule has 4 rings (SSSR count). The summed E-state index contributed by atoms with van der Waals surface area (Å²) in [6, 6.07) is 16.9. The monoisotopic (exact) mass is 432 g/mol. The van der Waals surface area contributed by atoms with Crippen LogP contribution in [0.25, 0.3) is 6.08 Å². The number of carbonyl (C=O) groups excluding carboxylic acids is 1. The zero-order chi connectivity index (χ0) is 21.8. The van der Waals surface area contributed by atoms with Gasteiger partial charge in [-0.3, -0.25) is 24.8 Å². The smallest absolute Gasteiger partial charge is 0.311 e. The molecular weight excluding hydrogens is 416 g/mol. The maximum absolute atomic E-state index is 13.2. The molecule has 8 nitrogen and oxygen atoms in total. The number of rotatable bonds is 5. The second kappa shape index (κ2) is 8.80. The Kier molecular flexibility index (Phi) is 5.76. The van der Waals surface area contributed by atoms with Gasteiger partial charge in [-0.1, -0.05) is 30.3 Å². The summed E-state index contributed by atoms with van der Waals surface area (Å²) in [5, 5.41) is 21.3. The third-order valence-electron chi connectivity index (χ3n) is 4.43. The van der Waals surface area contributed by atoms with E-state index in [1.807, 2.05) is 36.4 Å². The van der Waals surface area contributed by atoms with E-state index in [1.54, 1.807) is 29.4 Å². The van der Waals surface area contributed by atoms with Crippen molar-refractivity contribution in [3.05, 3.63) is 99.2 Å². The fraction of sp³-hybridized carbons (Fsp3) is 0.0455. The maximum atomic E-state index is 13.2. The lowest BCUT2D eigenvalue weighted by atomic mass is 10.1. The molecule has 0 atom stereocenters. The zero-order valence-electron chi connectivity index (χ0n) is 16.1. The molecule has 1 aliphatic rings. The van der Waals surface area contributed by atoms with Gasteiger partial charge in [0.1, 0.15) is 0 Å². The third kappa shape index (κ3) is 4.62. The number of thioether (sulfide) groups is 1. The number of aliphatic imine (C=N–C) groups is 1. The predicted molar refractivity (Wildman–Crippen MR) is 119 cm³/mol. The Morgan fingerprint density at radius 2 is 1.97 bits per heavy atom. The quantitative estimate of drug-likeness (QED) is 0.361. The number of amidine groups is 1. The molecular formula is C22H16N4O4S. The van der Waals surface area contributed by atoms with E-state index in [0.717, 1.165) is 5.56 Å². The van der Waals surface area contributed by atoms with E-state index < -0.39 is 16.4 Å². The summed E-state index contributed by atoms with van der Waals surface area (Å²) >= 11 is 1.19. The van der Waals surface area contributed by atoms with E-state index in [1.165, 1.54) is 30.0 Å². The van der Waals surface area contributed by atoms with Crippen LogP contribution in [0.2, 0.25) is 0 Å². The summed E-state index contributed by atoms with van der Waals surface area (Å²) in [5.74, 6) is -0.693. The fourth-order valence-corrected chi connectivity index (χ4v) is 3.94. The van der Waals surface area contributed by atoms with Gasteiger partial charge in [0, 0.05) is 18.5 Å². The summed E-state index contributed by atoms with van der Waals surface area (Å²) in [5.41, 5.74) is 1.56. The van der Waals surface area contributed by atoms with Crippen molar-refractivity contribution >= 4 is 40.3 Å². The Morgan fingerprint density at radius 1 is 1.16 bits per heavy atom. The van der Waals surface area contributed by atoms with Crippen LogP contribution in [0.3, 0.4) is 0 Å². The summed E-state index contributed by atoms with van der Waals surface area (Å²) in [6.45, 7) is 0.290. The minimum Gasteiger partial charge on any atom is -0.502 e. The molecule has 1 aromatic heterocycles. The number of hydrogen-bond acceptors (Lipinski definition) is 7. The van der Waals surface area contributed by atoms with Gasteiger partial charge in [-0.2, -0.15) is 0 Å². The van der Waals surface area contributed by atoms with Gasteiger partial charge in [-0.05, 0) is 53.2 Å². The third-order valence-corrected chi connectivity index (χ3v) is 5.43. The highest BCUT2D eigenvalue weighted by molar-refractivity contribution is 8.18. The standard InChI is InChI=1S/C22H16N4O4S/c27-19-9-8-15(11-18(19)26(29)30)12-20-21(28)25(14-16-5-4-10-23-13-16)22(31-20)24-17-6-2-1-3-7-17/h1-13,27H,14H2/b20-12-,24-22?. The average Bonchev–Trinajstić information content (AvgIpc) is 3.05. The molecule has 0 bridgehead atoms. The molecule has 1 aliphatic heterocycles. The lowest BCUT2D eigenvalue weighted by molar-refractivity contribution is -0.385. The number of phenolic OH excluding ortho intramolecular Hbond substituents is 1. The summed E-state index contributed by atoms with van der Waals surface area (Å²) < 4.78 is 0. The van der Waals surface area contributed by atoms with Crippen molar-refractivity contribution < 1.29 is 14.8 Å². The number of aromatic nitrogens is 1. The number of nitro groups is 1. The molecule has 0 radical (unpaired) electrons. The van der Waals surface area contributed by atoms with Crippen LogP contribution < -0.4 is 0 Å². The highest BCUT2D eigenvalue weighted by Crippen LogP contribution is 2.36. The van der Waals surface area contributed by atoms with Crippen LogP contribution in [0.15, 0.2) is 83.0 Å². The van der Waals surface area contributed by atoms with Gasteiger partial charge in [0.15, 0.2) is 10.9 Å². The van der Waals surface area contributed by atoms with Crippen molar-refractivity contribution in [3.63, 3.8) is 0 Å². The van der Waals surface area contributed by atoms with Gasteiger partial charge in [0.2, 0.25) is 0 Å². The Hall–Kier alpha value is -3.98. The van der Waals surface area contributed by atoms with Crippen LogP contribution in [0.4, 0.5) is 11.4 Å². The molecule has 0 unspecified atom stereocenters. The van der Waals surface area contributed by atoms with E-state index in [2.05, 4.69) is 9.98 Å². The van der Waals surface area contributed by atoms with Gasteiger partial charge in [-0.15, -0.1) is 0 Å². The Bertz CT molecular complexity index is 1200. The van der Waals surface area contributed by atoms with Crippen molar-refractivity contribution in [1.29, 1.82) is 0 Å². The lowest BCUT2D eigenvalue weighted by Crippen LogP contribution is -2.28. The number of phenols is 1. The minimum absolute atomic E-state index is 0.265. The molecule has 31 heavy (non-hydrogen) atoms. The molecule has 1 N–H and O–H groups in total. The van der Waals surface area contributed by atoms with E-state index in [4.69, 9.17) is 0 Å². The van der Waals surface area contributed by atoms with Crippen LogP contribution in [0.5, 0.6) is 5.75 Å². The molecule has 0 aliphatic carbocycles. The number of benzene rings is 2. The highest BCUT2D eigenvalue weighted by atomic mass is 32.2. The topological polar surface area (TPSA) is 109 Å². The summed E-state index contributed by atoms with van der Waals surface area (Å²) in [7, 11) is 0. The minimum atomic E-state index is -0.669. The second-order valence-corrected chi connectivity index (χ2v) is 7.61. The number of amides is 1. The fourth-order valence-electron chi connectivity index (χ4n) is 2.95. The second-order valence-electron chi connectivity index (χ2n) is 6.60. The number of pyridine rings is 1. The Labute approximate surface area is 181 Å². The number of aromatic hydroxyl groups is 1. The van der Waals surface area contributed by atoms with E-state index in [9.17, 15) is 20.0 Å². The first kappa shape index (κ1) is 20.3. The number of para-hydroxylation sites is 1. The van der Waals surface area contributed by atoms with Crippen molar-refractivity contribution in [2.75, 3.05) is 0 Å². The van der Waals surface area contributed by atoms with E-state index >= 15 is 0 Å². The molecule has 9 heteroatoms. The molecule has 154 valence electrons. The van der Waals surface area contributed by atoms with Gasteiger partial charge >= 0.3 is 5.69 Å². The Morgan fingerprint density at radius 3 is 2.68 bits per heavy atom. The van der Waals surface area contributed by atoms with Crippen LogP contribution in [0, 0.1) is 10.1 Å². The molecule has 3 aromatic rings. The first-order valence-corrected chi connectivity index (χ1v) is 10.0. The highest BCUT2D eigenvalue weighted by Gasteiger charge is 2.33. The van der Waals surface area contributed by atoms with Crippen molar-refractivity contribution in [3.8, 4) is 5.75 Å². The van der Waals surface area contributed by atoms with Crippen LogP contribution in [-0.2, 0) is 11.3 Å². The predicted octanol–water partition coefficient (Wildman–Crippen LogP) is 4.50. The molecule has 0 spiro atoms. The van der Waals surface area contributed by atoms with E-state index in [0.29, 0.717) is 27.9 Å². The van der Waals surface area contributed by atoms with Crippen LogP contribution in [-0.4, -0.2) is 31.0 Å². The molecule has 1 saturated heterocycles. The number of hydrogen-bond donors (Lipinski definition) is 1. The first-order chi connectivity index (χ1) is 15.0. The molecule has 2 heterocycles. The molecule has 1 fully saturated rings. The number of carbonyl (C=O) groups is 1. The van der Waals surface area contributed by atoms with Crippen LogP contribution >= 0.6 is 11.8 Å². The van der Waals surface area contributed by atoms with Crippen molar-refractivity contribution in [1.82, 2.24) is 9.88 Å². The normalized spacial score (nSPS) is 16.3. The maximum Gasteiger partial charge on any atom is 0.311 e. The Balaban J connectivity index is 1.71. The molecule has 2 aromatic carbocycles. The summed E-state index contributed by atoms with van der Waals surface area (Å²) in [4.78, 5) is 34.2. The van der Waals surface area contributed by atoms with Crippen molar-refractivity contribution in [2.45, 2.75) is 6.54 Å². The SMILES string of the molecule is O=C1/C(=C/c2ccc(O)c([N+](=O)[O-])c2)SC(=Nc2ccccc2)N1Cc1cccnc1. The number of nitro benzene ring substituents is 1. The van der Waals surface area contributed by atoms with Crippen LogP contribution in [0.1, 0.15) is 11.1 Å². The lowest BCUT2D eigenvalue weighted by Gasteiger charge is -2.15. The van der Waals surface area contributed by atoms with Gasteiger partial charge in [0.25, 0.3) is 5.91 Å².